The van der Waals surface area contributed by atoms with Crippen LogP contribution in [0.1, 0.15) is 16.4 Å². The molecule has 1 aromatic carbocycles. The monoisotopic (exact) mass is 355 g/mol. The largest absolute Gasteiger partial charge is 0.394 e. The number of nitrogens with one attached hydrogen (secondary N) is 1. The predicted molar refractivity (Wildman–Crippen MR) is 91.6 cm³/mol. The molecule has 9 heteroatoms. The van der Waals surface area contributed by atoms with Crippen molar-refractivity contribution in [1.29, 1.82) is 0 Å². The highest BCUT2D eigenvalue weighted by atomic mass is 16.5. The number of aliphatic hydroxyl groups excluding tert-OH is 2. The molecule has 0 bridgehead atoms. The molecule has 0 aliphatic carbocycles. The topological polar surface area (TPSA) is 122 Å². The summed E-state index contributed by atoms with van der Waals surface area (Å²) < 4.78 is 7.07. The fourth-order valence-corrected chi connectivity index (χ4v) is 3.03. The van der Waals surface area contributed by atoms with Gasteiger partial charge in [0.05, 0.1) is 25.6 Å². The first-order valence-electron chi connectivity index (χ1n) is 8.13. The summed E-state index contributed by atoms with van der Waals surface area (Å²) in [5.41, 5.74) is 1.38. The Kier molecular flexibility index (Phi) is 4.33. The highest BCUT2D eigenvalue weighted by molar-refractivity contribution is 6.06. The van der Waals surface area contributed by atoms with Crippen molar-refractivity contribution >= 4 is 22.9 Å². The zero-order valence-corrected chi connectivity index (χ0v) is 13.7. The minimum absolute atomic E-state index is 0.230. The fourth-order valence-electron chi connectivity index (χ4n) is 3.03. The molecular formula is C17H17N5O4. The molecular weight excluding hydrogens is 338 g/mol. The third-order valence-corrected chi connectivity index (χ3v) is 4.42. The summed E-state index contributed by atoms with van der Waals surface area (Å²) in [6.45, 7) is -0.0365. The molecule has 3 atom stereocenters. The van der Waals surface area contributed by atoms with Gasteiger partial charge in [-0.25, -0.2) is 15.0 Å². The minimum atomic E-state index is -0.880. The van der Waals surface area contributed by atoms with Gasteiger partial charge in [0.25, 0.3) is 5.91 Å². The van der Waals surface area contributed by atoms with Crippen LogP contribution in [0.15, 0.2) is 43.0 Å². The average molecular weight is 355 g/mol. The van der Waals surface area contributed by atoms with Crippen LogP contribution in [-0.2, 0) is 4.74 Å². The number of fused-ring (bicyclic) bond motifs is 1. The second-order valence-corrected chi connectivity index (χ2v) is 5.98. The molecule has 0 radical (unpaired) electrons. The number of carbonyl (C=O) groups is 1. The first-order valence-corrected chi connectivity index (χ1v) is 8.13. The summed E-state index contributed by atoms with van der Waals surface area (Å²) in [5, 5.41) is 22.3. The second kappa shape index (κ2) is 6.79. The van der Waals surface area contributed by atoms with E-state index >= 15 is 0 Å². The molecule has 1 amide bonds. The standard InChI is InChI=1S/C17H17N5O4/c23-6-12-14(24)11(7-26-12)22-9-20-13-15(18-8-19-16(13)22)21-17(25)10-4-2-1-3-5-10/h1-5,8-9,11-12,14,23-24H,6-7H2,(H,18,19,21,25)/t11-,12+,14+/m1/s1. The maximum Gasteiger partial charge on any atom is 0.256 e. The van der Waals surface area contributed by atoms with Gasteiger partial charge in [-0.1, -0.05) is 18.2 Å². The van der Waals surface area contributed by atoms with Crippen LogP contribution in [0.5, 0.6) is 0 Å². The van der Waals surface area contributed by atoms with Gasteiger partial charge >= 0.3 is 0 Å². The molecule has 134 valence electrons. The van der Waals surface area contributed by atoms with Gasteiger partial charge in [-0.2, -0.15) is 0 Å². The van der Waals surface area contributed by atoms with E-state index in [1.807, 2.05) is 6.07 Å². The number of hydrogen-bond acceptors (Lipinski definition) is 7. The van der Waals surface area contributed by atoms with E-state index < -0.39 is 18.2 Å². The van der Waals surface area contributed by atoms with E-state index in [0.717, 1.165) is 0 Å². The van der Waals surface area contributed by atoms with Crippen molar-refractivity contribution in [2.45, 2.75) is 18.2 Å². The second-order valence-electron chi connectivity index (χ2n) is 5.98. The molecule has 3 N–H and O–H groups in total. The molecule has 1 aliphatic heterocycles. The Morgan fingerprint density at radius 2 is 2.08 bits per heavy atom. The van der Waals surface area contributed by atoms with E-state index in [0.29, 0.717) is 16.7 Å². The molecule has 9 nitrogen and oxygen atoms in total. The van der Waals surface area contributed by atoms with E-state index in [1.54, 1.807) is 28.8 Å². The van der Waals surface area contributed by atoms with Crippen molar-refractivity contribution in [1.82, 2.24) is 19.5 Å². The van der Waals surface area contributed by atoms with Crippen LogP contribution in [0.25, 0.3) is 11.2 Å². The molecule has 3 aromatic rings. The molecule has 26 heavy (non-hydrogen) atoms. The molecule has 0 spiro atoms. The van der Waals surface area contributed by atoms with Gasteiger partial charge in [0, 0.05) is 5.56 Å². The van der Waals surface area contributed by atoms with Crippen molar-refractivity contribution in [3.05, 3.63) is 48.5 Å². The Balaban J connectivity index is 1.65. The Hall–Kier alpha value is -2.88. The van der Waals surface area contributed by atoms with Crippen molar-refractivity contribution in [2.75, 3.05) is 18.5 Å². The zero-order chi connectivity index (χ0) is 18.1. The van der Waals surface area contributed by atoms with Crippen LogP contribution in [-0.4, -0.2) is 61.1 Å². The van der Waals surface area contributed by atoms with Crippen LogP contribution >= 0.6 is 0 Å². The number of carbonyl (C=O) groups excluding carboxylic acids is 1. The molecule has 2 aromatic heterocycles. The van der Waals surface area contributed by atoms with Crippen LogP contribution in [0.3, 0.4) is 0 Å². The zero-order valence-electron chi connectivity index (χ0n) is 13.7. The van der Waals surface area contributed by atoms with Gasteiger partial charge in [-0.05, 0) is 12.1 Å². The van der Waals surface area contributed by atoms with Gasteiger partial charge in [0.1, 0.15) is 18.5 Å². The third kappa shape index (κ3) is 2.81. The number of aliphatic hydroxyl groups is 2. The summed E-state index contributed by atoms with van der Waals surface area (Å²) >= 11 is 0. The highest BCUT2D eigenvalue weighted by Crippen LogP contribution is 2.29. The number of anilines is 1. The normalized spacial score (nSPS) is 22.6. The maximum atomic E-state index is 12.4. The number of hydrogen-bond donors (Lipinski definition) is 3. The lowest BCUT2D eigenvalue weighted by Gasteiger charge is -2.17. The average Bonchev–Trinajstić information content (AvgIpc) is 3.26. The lowest BCUT2D eigenvalue weighted by atomic mass is 10.1. The van der Waals surface area contributed by atoms with Crippen LogP contribution in [0.2, 0.25) is 0 Å². The van der Waals surface area contributed by atoms with Crippen LogP contribution in [0.4, 0.5) is 5.82 Å². The van der Waals surface area contributed by atoms with Crippen molar-refractivity contribution in [3.8, 4) is 0 Å². The molecule has 0 saturated carbocycles. The van der Waals surface area contributed by atoms with Gasteiger partial charge in [-0.3, -0.25) is 4.79 Å². The van der Waals surface area contributed by atoms with E-state index in [4.69, 9.17) is 4.74 Å². The third-order valence-electron chi connectivity index (χ3n) is 4.42. The van der Waals surface area contributed by atoms with Crippen molar-refractivity contribution < 1.29 is 19.7 Å². The van der Waals surface area contributed by atoms with Gasteiger partial charge in [-0.15, -0.1) is 0 Å². The maximum absolute atomic E-state index is 12.4. The molecule has 4 rings (SSSR count). The fraction of sp³-hybridized carbons (Fsp3) is 0.294. The molecule has 1 fully saturated rings. The Morgan fingerprint density at radius 1 is 1.27 bits per heavy atom. The number of imidazole rings is 1. The minimum Gasteiger partial charge on any atom is -0.394 e. The molecule has 0 unspecified atom stereocenters. The van der Waals surface area contributed by atoms with Crippen molar-refractivity contribution in [2.24, 2.45) is 0 Å². The summed E-state index contributed by atoms with van der Waals surface area (Å²) in [7, 11) is 0. The van der Waals surface area contributed by atoms with E-state index in [1.165, 1.54) is 12.7 Å². The number of aromatic nitrogens is 4. The highest BCUT2D eigenvalue weighted by Gasteiger charge is 2.37. The molecule has 1 saturated heterocycles. The Labute approximate surface area is 148 Å². The van der Waals surface area contributed by atoms with Crippen LogP contribution in [0, 0.1) is 0 Å². The Morgan fingerprint density at radius 3 is 2.81 bits per heavy atom. The smallest absolute Gasteiger partial charge is 0.256 e. The number of ether oxygens (including phenoxy) is 1. The molecule has 3 heterocycles. The lowest BCUT2D eigenvalue weighted by Crippen LogP contribution is -2.30. The predicted octanol–water partition coefficient (Wildman–Crippen LogP) is 0.372. The summed E-state index contributed by atoms with van der Waals surface area (Å²) in [6.07, 6.45) is 1.33. The first-order chi connectivity index (χ1) is 12.7. The van der Waals surface area contributed by atoms with E-state index in [2.05, 4.69) is 20.3 Å². The van der Waals surface area contributed by atoms with Gasteiger partial charge in [0.15, 0.2) is 17.0 Å². The molecule has 1 aliphatic rings. The Bertz CT molecular complexity index is 929. The van der Waals surface area contributed by atoms with Crippen molar-refractivity contribution in [3.63, 3.8) is 0 Å². The summed E-state index contributed by atoms with van der Waals surface area (Å²) in [4.78, 5) is 25.0. The van der Waals surface area contributed by atoms with Gasteiger partial charge < -0.3 is 24.8 Å². The number of amides is 1. The first kappa shape index (κ1) is 16.6. The quantitative estimate of drug-likeness (QED) is 0.618. The number of nitrogens with zero attached hydrogens (tertiary/aromatic N) is 4. The number of rotatable bonds is 4. The van der Waals surface area contributed by atoms with Gasteiger partial charge in [0.2, 0.25) is 0 Å². The lowest BCUT2D eigenvalue weighted by molar-refractivity contribution is 0.00206. The number of benzene rings is 1. The SMILES string of the molecule is O=C(Nc1ncnc2c1ncn2[C@@H]1CO[C@@H](CO)[C@H]1O)c1ccccc1. The summed E-state index contributed by atoms with van der Waals surface area (Å²) in [5.74, 6) is -0.0144. The summed E-state index contributed by atoms with van der Waals surface area (Å²) in [6, 6.07) is 8.36. The van der Waals surface area contributed by atoms with Crippen LogP contribution < -0.4 is 5.32 Å². The van der Waals surface area contributed by atoms with E-state index in [-0.39, 0.29) is 24.9 Å². The van der Waals surface area contributed by atoms with E-state index in [9.17, 15) is 15.0 Å².